The first kappa shape index (κ1) is 17.1. The Bertz CT molecular complexity index is 653. The van der Waals surface area contributed by atoms with Crippen molar-refractivity contribution in [1.82, 2.24) is 15.3 Å². The summed E-state index contributed by atoms with van der Waals surface area (Å²) in [7, 11) is 0. The van der Waals surface area contributed by atoms with E-state index in [0.717, 1.165) is 12.1 Å². The molecule has 0 bridgehead atoms. The molecule has 0 saturated carbocycles. The lowest BCUT2D eigenvalue weighted by Crippen LogP contribution is -2.31. The molecule has 1 N–H and O–H groups in total. The highest BCUT2D eigenvalue weighted by Crippen LogP contribution is 2.23. The van der Waals surface area contributed by atoms with Gasteiger partial charge < -0.3 is 5.32 Å². The largest absolute Gasteiger partial charge is 0.351 e. The van der Waals surface area contributed by atoms with E-state index in [4.69, 9.17) is 0 Å². The molecular formula is C19H25N3O. The van der Waals surface area contributed by atoms with Crippen LogP contribution in [0.3, 0.4) is 0 Å². The van der Waals surface area contributed by atoms with E-state index in [9.17, 15) is 4.79 Å². The third-order valence-corrected chi connectivity index (χ3v) is 4.08. The molecule has 122 valence electrons. The minimum atomic E-state index is -0.0940. The van der Waals surface area contributed by atoms with Gasteiger partial charge in [-0.3, -0.25) is 4.79 Å². The lowest BCUT2D eigenvalue weighted by atomic mass is 9.88. The van der Waals surface area contributed by atoms with Crippen LogP contribution in [-0.4, -0.2) is 22.4 Å². The van der Waals surface area contributed by atoms with Gasteiger partial charge >= 0.3 is 0 Å². The van der Waals surface area contributed by atoms with Gasteiger partial charge in [0.1, 0.15) is 5.82 Å². The molecule has 23 heavy (non-hydrogen) atoms. The Morgan fingerprint density at radius 2 is 1.91 bits per heavy atom. The number of aromatic nitrogens is 2. The van der Waals surface area contributed by atoms with Gasteiger partial charge in [0, 0.05) is 18.7 Å². The van der Waals surface area contributed by atoms with Crippen molar-refractivity contribution in [3.05, 3.63) is 59.2 Å². The second kappa shape index (κ2) is 7.86. The summed E-state index contributed by atoms with van der Waals surface area (Å²) in [5.74, 6) is 1.33. The molecule has 4 nitrogen and oxygen atoms in total. The standard InChI is InChI=1S/C19H25N3O/c1-5-18-17(12-20-14(4)22-18)19(23)21-11-16(13(2)3)15-9-7-6-8-10-15/h6-10,12-13,16H,5,11H2,1-4H3,(H,21,23). The molecule has 1 atom stereocenters. The molecule has 0 aliphatic carbocycles. The first-order valence-electron chi connectivity index (χ1n) is 8.18. The van der Waals surface area contributed by atoms with Gasteiger partial charge in [-0.15, -0.1) is 0 Å². The molecule has 2 aromatic rings. The average molecular weight is 311 g/mol. The number of aryl methyl sites for hydroxylation is 2. The van der Waals surface area contributed by atoms with Crippen LogP contribution in [0.25, 0.3) is 0 Å². The SMILES string of the molecule is CCc1nc(C)ncc1C(=O)NCC(c1ccccc1)C(C)C. The summed E-state index contributed by atoms with van der Waals surface area (Å²) in [6.07, 6.45) is 2.35. The van der Waals surface area contributed by atoms with E-state index in [1.807, 2.05) is 32.0 Å². The Morgan fingerprint density at radius 1 is 1.22 bits per heavy atom. The summed E-state index contributed by atoms with van der Waals surface area (Å²) in [5.41, 5.74) is 2.63. The van der Waals surface area contributed by atoms with Gasteiger partial charge in [0.05, 0.1) is 11.3 Å². The normalized spacial score (nSPS) is 12.2. The van der Waals surface area contributed by atoms with Gasteiger partial charge in [-0.1, -0.05) is 51.1 Å². The van der Waals surface area contributed by atoms with Crippen LogP contribution in [0.5, 0.6) is 0 Å². The molecule has 0 saturated heterocycles. The van der Waals surface area contributed by atoms with Crippen molar-refractivity contribution in [3.8, 4) is 0 Å². The van der Waals surface area contributed by atoms with Gasteiger partial charge in [0.2, 0.25) is 0 Å². The molecule has 1 heterocycles. The van der Waals surface area contributed by atoms with Gasteiger partial charge in [0.25, 0.3) is 5.91 Å². The minimum Gasteiger partial charge on any atom is -0.351 e. The molecule has 0 fully saturated rings. The number of carbonyl (C=O) groups excluding carboxylic acids is 1. The number of rotatable bonds is 6. The van der Waals surface area contributed by atoms with Gasteiger partial charge in [-0.05, 0) is 24.8 Å². The van der Waals surface area contributed by atoms with E-state index in [1.54, 1.807) is 6.20 Å². The van der Waals surface area contributed by atoms with Crippen molar-refractivity contribution in [2.45, 2.75) is 40.0 Å². The molecule has 1 unspecified atom stereocenters. The molecule has 0 aliphatic heterocycles. The smallest absolute Gasteiger partial charge is 0.254 e. The lowest BCUT2D eigenvalue weighted by Gasteiger charge is -2.22. The molecule has 4 heteroatoms. The van der Waals surface area contributed by atoms with Crippen LogP contribution in [0.1, 0.15) is 54.1 Å². The Balaban J connectivity index is 2.11. The van der Waals surface area contributed by atoms with E-state index in [0.29, 0.717) is 23.9 Å². The summed E-state index contributed by atoms with van der Waals surface area (Å²) < 4.78 is 0. The predicted octanol–water partition coefficient (Wildman–Crippen LogP) is 3.52. The summed E-state index contributed by atoms with van der Waals surface area (Å²) in [5, 5.41) is 3.05. The predicted molar refractivity (Wildman–Crippen MR) is 92.5 cm³/mol. The van der Waals surface area contributed by atoms with E-state index in [1.165, 1.54) is 5.56 Å². The first-order valence-corrected chi connectivity index (χ1v) is 8.18. The average Bonchev–Trinajstić information content (AvgIpc) is 2.55. The zero-order chi connectivity index (χ0) is 16.8. The fourth-order valence-electron chi connectivity index (χ4n) is 2.71. The molecule has 0 aliphatic rings. The molecule has 1 aromatic heterocycles. The zero-order valence-electron chi connectivity index (χ0n) is 14.3. The van der Waals surface area contributed by atoms with Crippen LogP contribution < -0.4 is 5.32 Å². The number of nitrogens with zero attached hydrogens (tertiary/aromatic N) is 2. The summed E-state index contributed by atoms with van der Waals surface area (Å²) in [4.78, 5) is 21.0. The zero-order valence-corrected chi connectivity index (χ0v) is 14.3. The molecular weight excluding hydrogens is 286 g/mol. The number of benzene rings is 1. The van der Waals surface area contributed by atoms with Crippen LogP contribution >= 0.6 is 0 Å². The summed E-state index contributed by atoms with van der Waals surface area (Å²) >= 11 is 0. The highest BCUT2D eigenvalue weighted by molar-refractivity contribution is 5.95. The highest BCUT2D eigenvalue weighted by atomic mass is 16.1. The summed E-state index contributed by atoms with van der Waals surface area (Å²) in [6, 6.07) is 10.3. The topological polar surface area (TPSA) is 54.9 Å². The Kier molecular flexibility index (Phi) is 5.85. The van der Waals surface area contributed by atoms with E-state index < -0.39 is 0 Å². The molecule has 1 aromatic carbocycles. The first-order chi connectivity index (χ1) is 11.0. The van der Waals surface area contributed by atoms with Crippen molar-refractivity contribution in [2.75, 3.05) is 6.54 Å². The fourth-order valence-corrected chi connectivity index (χ4v) is 2.71. The second-order valence-corrected chi connectivity index (χ2v) is 6.10. The van der Waals surface area contributed by atoms with Gasteiger partial charge in [-0.2, -0.15) is 0 Å². The number of hydrogen-bond donors (Lipinski definition) is 1. The van der Waals surface area contributed by atoms with E-state index in [2.05, 4.69) is 41.3 Å². The Labute approximate surface area is 138 Å². The van der Waals surface area contributed by atoms with Crippen LogP contribution in [0, 0.1) is 12.8 Å². The molecule has 0 radical (unpaired) electrons. The Hall–Kier alpha value is -2.23. The van der Waals surface area contributed by atoms with Crippen molar-refractivity contribution < 1.29 is 4.79 Å². The van der Waals surface area contributed by atoms with Gasteiger partial charge in [-0.25, -0.2) is 9.97 Å². The number of nitrogens with one attached hydrogen (secondary N) is 1. The van der Waals surface area contributed by atoms with E-state index in [-0.39, 0.29) is 11.8 Å². The molecule has 1 amide bonds. The number of amides is 1. The quantitative estimate of drug-likeness (QED) is 0.888. The third kappa shape index (κ3) is 4.38. The van der Waals surface area contributed by atoms with Crippen molar-refractivity contribution in [3.63, 3.8) is 0 Å². The minimum absolute atomic E-state index is 0.0940. The molecule has 2 rings (SSSR count). The second-order valence-electron chi connectivity index (χ2n) is 6.10. The van der Waals surface area contributed by atoms with Gasteiger partial charge in [0.15, 0.2) is 0 Å². The maximum Gasteiger partial charge on any atom is 0.254 e. The van der Waals surface area contributed by atoms with Crippen LogP contribution in [0.15, 0.2) is 36.5 Å². The van der Waals surface area contributed by atoms with E-state index >= 15 is 0 Å². The highest BCUT2D eigenvalue weighted by Gasteiger charge is 2.18. The maximum atomic E-state index is 12.5. The number of hydrogen-bond acceptors (Lipinski definition) is 3. The third-order valence-electron chi connectivity index (χ3n) is 4.08. The Morgan fingerprint density at radius 3 is 2.52 bits per heavy atom. The summed E-state index contributed by atoms with van der Waals surface area (Å²) in [6.45, 7) is 8.80. The van der Waals surface area contributed by atoms with Crippen molar-refractivity contribution in [2.24, 2.45) is 5.92 Å². The fraction of sp³-hybridized carbons (Fsp3) is 0.421. The van der Waals surface area contributed by atoms with Crippen LogP contribution in [-0.2, 0) is 6.42 Å². The maximum absolute atomic E-state index is 12.5. The number of carbonyl (C=O) groups is 1. The van der Waals surface area contributed by atoms with Crippen molar-refractivity contribution >= 4 is 5.91 Å². The lowest BCUT2D eigenvalue weighted by molar-refractivity contribution is 0.0947. The van der Waals surface area contributed by atoms with Crippen LogP contribution in [0.2, 0.25) is 0 Å². The van der Waals surface area contributed by atoms with Crippen molar-refractivity contribution in [1.29, 1.82) is 0 Å². The van der Waals surface area contributed by atoms with Crippen LogP contribution in [0.4, 0.5) is 0 Å². The molecule has 0 spiro atoms. The monoisotopic (exact) mass is 311 g/mol.